The van der Waals surface area contributed by atoms with E-state index in [2.05, 4.69) is 60.9 Å². The zero-order chi connectivity index (χ0) is 33.2. The van der Waals surface area contributed by atoms with E-state index in [-0.39, 0.29) is 0 Å². The van der Waals surface area contributed by atoms with Crippen molar-refractivity contribution in [1.29, 1.82) is 0 Å². The summed E-state index contributed by atoms with van der Waals surface area (Å²) in [6.07, 6.45) is 9.33. The molecule has 0 spiro atoms. The number of fused-ring (bicyclic) bond motifs is 3. The summed E-state index contributed by atoms with van der Waals surface area (Å²) in [4.78, 5) is 16.9. The van der Waals surface area contributed by atoms with Crippen molar-refractivity contribution in [2.24, 2.45) is 0 Å². The third kappa shape index (κ3) is 7.27. The van der Waals surface area contributed by atoms with Crippen molar-refractivity contribution in [2.45, 2.75) is 110 Å². The molecule has 48 heavy (non-hydrogen) atoms. The summed E-state index contributed by atoms with van der Waals surface area (Å²) in [5, 5.41) is 9.98. The Morgan fingerprint density at radius 1 is 0.792 bits per heavy atom. The number of nitrogens with zero attached hydrogens (tertiary/aromatic N) is 10. The van der Waals surface area contributed by atoms with Crippen LogP contribution in [-0.2, 0) is 39.3 Å². The first-order chi connectivity index (χ1) is 23.3. The summed E-state index contributed by atoms with van der Waals surface area (Å²) >= 11 is 6.46. The highest BCUT2D eigenvalue weighted by molar-refractivity contribution is 6.33. The maximum atomic E-state index is 6.46. The topological polar surface area (TPSA) is 111 Å². The van der Waals surface area contributed by atoms with E-state index in [0.29, 0.717) is 41.5 Å². The molecule has 4 aromatic heterocycles. The van der Waals surface area contributed by atoms with Gasteiger partial charge in [0, 0.05) is 89.3 Å². The molecule has 3 aliphatic rings. The van der Waals surface area contributed by atoms with Crippen LogP contribution in [0.25, 0.3) is 11.4 Å². The molecular formula is C35H50ClN11O. The van der Waals surface area contributed by atoms with E-state index in [9.17, 15) is 0 Å². The molecule has 0 saturated carbocycles. The highest BCUT2D eigenvalue weighted by atomic mass is 35.5. The van der Waals surface area contributed by atoms with E-state index in [1.165, 1.54) is 24.2 Å². The van der Waals surface area contributed by atoms with Crippen LogP contribution in [0.4, 0.5) is 5.82 Å². The molecule has 3 atom stereocenters. The minimum Gasteiger partial charge on any atom is -0.478 e. The third-order valence-corrected chi connectivity index (χ3v) is 11.1. The molecule has 258 valence electrons. The molecule has 7 heterocycles. The predicted molar refractivity (Wildman–Crippen MR) is 188 cm³/mol. The lowest BCUT2D eigenvalue weighted by Crippen LogP contribution is -2.40. The lowest BCUT2D eigenvalue weighted by atomic mass is 10.0. The first kappa shape index (κ1) is 33.1. The summed E-state index contributed by atoms with van der Waals surface area (Å²) < 4.78 is 12.6. The van der Waals surface area contributed by atoms with Crippen LogP contribution in [0.15, 0.2) is 36.8 Å². The number of hydrogen-bond donors (Lipinski definition) is 1. The number of nitrogen functional groups attached to an aromatic ring is 1. The molecule has 0 aromatic carbocycles. The Hall–Kier alpha value is -3.45. The second-order valence-electron chi connectivity index (χ2n) is 13.9. The van der Waals surface area contributed by atoms with E-state index < -0.39 is 0 Å². The van der Waals surface area contributed by atoms with E-state index in [1.54, 1.807) is 0 Å². The van der Waals surface area contributed by atoms with Gasteiger partial charge in [-0.15, -0.1) is 0 Å². The maximum absolute atomic E-state index is 6.46. The molecule has 3 unspecified atom stereocenters. The molecule has 0 aliphatic carbocycles. The van der Waals surface area contributed by atoms with Crippen LogP contribution in [0.5, 0.6) is 5.88 Å². The van der Waals surface area contributed by atoms with Gasteiger partial charge in [0.15, 0.2) is 5.82 Å². The minimum atomic E-state index is 0.319. The molecule has 3 aliphatic heterocycles. The van der Waals surface area contributed by atoms with Gasteiger partial charge in [-0.2, -0.15) is 10.2 Å². The third-order valence-electron chi connectivity index (χ3n) is 10.7. The van der Waals surface area contributed by atoms with Gasteiger partial charge >= 0.3 is 0 Å². The summed E-state index contributed by atoms with van der Waals surface area (Å²) in [5.74, 6) is 1.05. The molecular weight excluding hydrogens is 626 g/mol. The Labute approximate surface area is 288 Å². The molecule has 7 rings (SSSR count). The second kappa shape index (κ2) is 14.6. The van der Waals surface area contributed by atoms with Gasteiger partial charge in [-0.05, 0) is 65.0 Å². The Kier molecular flexibility index (Phi) is 10.0. The largest absolute Gasteiger partial charge is 0.478 e. The Morgan fingerprint density at radius 3 is 2.31 bits per heavy atom. The van der Waals surface area contributed by atoms with Crippen LogP contribution in [0.1, 0.15) is 70.0 Å². The van der Waals surface area contributed by atoms with Gasteiger partial charge in [0.2, 0.25) is 5.88 Å². The van der Waals surface area contributed by atoms with Gasteiger partial charge in [0.05, 0.1) is 35.7 Å². The Bertz CT molecular complexity index is 1680. The van der Waals surface area contributed by atoms with E-state index >= 15 is 0 Å². The van der Waals surface area contributed by atoms with E-state index in [4.69, 9.17) is 32.2 Å². The van der Waals surface area contributed by atoms with Crippen LogP contribution < -0.4 is 10.5 Å². The molecule has 0 bridgehead atoms. The first-order valence-corrected chi connectivity index (χ1v) is 18.1. The molecule has 0 fully saturated rings. The minimum absolute atomic E-state index is 0.319. The second-order valence-corrected chi connectivity index (χ2v) is 14.3. The lowest BCUT2D eigenvalue weighted by molar-refractivity contribution is 0.136. The van der Waals surface area contributed by atoms with Crippen molar-refractivity contribution in [2.75, 3.05) is 32.0 Å². The fourth-order valence-electron chi connectivity index (χ4n) is 7.47. The maximum Gasteiger partial charge on any atom is 0.213 e. The molecule has 0 saturated heterocycles. The number of halogens is 1. The van der Waals surface area contributed by atoms with Crippen LogP contribution in [0.3, 0.4) is 0 Å². The molecule has 4 aromatic rings. The Morgan fingerprint density at radius 2 is 1.50 bits per heavy atom. The molecule has 13 heteroatoms. The van der Waals surface area contributed by atoms with Crippen molar-refractivity contribution < 1.29 is 4.74 Å². The summed E-state index contributed by atoms with van der Waals surface area (Å²) in [7, 11) is 0. The fraction of sp³-hybridized carbons (Fsp3) is 0.600. The van der Waals surface area contributed by atoms with Gasteiger partial charge in [-0.3, -0.25) is 24.1 Å². The van der Waals surface area contributed by atoms with Crippen LogP contribution in [-0.4, -0.2) is 93.2 Å². The average Bonchev–Trinajstić information content (AvgIpc) is 3.70. The van der Waals surface area contributed by atoms with Gasteiger partial charge in [0.1, 0.15) is 10.7 Å². The molecule has 2 N–H and O–H groups in total. The highest BCUT2D eigenvalue weighted by Crippen LogP contribution is 2.28. The molecule has 0 radical (unpaired) electrons. The average molecular weight is 676 g/mol. The number of nitrogens with two attached hydrogens (primary N) is 1. The summed E-state index contributed by atoms with van der Waals surface area (Å²) in [6.45, 7) is 16.2. The van der Waals surface area contributed by atoms with Crippen molar-refractivity contribution in [3.05, 3.63) is 58.9 Å². The van der Waals surface area contributed by atoms with Crippen molar-refractivity contribution in [1.82, 2.24) is 48.8 Å². The molecule has 12 nitrogen and oxygen atoms in total. The number of pyridine rings is 1. The zero-order valence-electron chi connectivity index (χ0n) is 28.6. The quantitative estimate of drug-likeness (QED) is 0.237. The van der Waals surface area contributed by atoms with Crippen molar-refractivity contribution in [3.8, 4) is 17.3 Å². The van der Waals surface area contributed by atoms with E-state index in [1.807, 2.05) is 35.4 Å². The number of imidazole rings is 1. The van der Waals surface area contributed by atoms with Crippen LogP contribution in [0, 0.1) is 0 Å². The van der Waals surface area contributed by atoms with Crippen molar-refractivity contribution in [3.63, 3.8) is 0 Å². The molecule has 0 amide bonds. The normalized spacial score (nSPS) is 19.5. The highest BCUT2D eigenvalue weighted by Gasteiger charge is 2.26. The van der Waals surface area contributed by atoms with Gasteiger partial charge in [-0.1, -0.05) is 17.7 Å². The summed E-state index contributed by atoms with van der Waals surface area (Å²) in [6, 6.07) is 9.59. The van der Waals surface area contributed by atoms with Crippen molar-refractivity contribution >= 4 is 17.4 Å². The summed E-state index contributed by atoms with van der Waals surface area (Å²) in [5.41, 5.74) is 11.3. The monoisotopic (exact) mass is 675 g/mol. The number of ether oxygens (including phenoxy) is 1. The standard InChI is InChI=1S/C35H50ClN11O/c1-25(9-10-26(2)44-16-17-45-24-38-20-29(45)22-44)42-12-5-14-46-28(21-42)19-31(40-46)30-7-4-8-33(39-30)48-18-11-27(3)43-13-6-15-47-32(23-43)34(36)35(37)41-47/h4,7-8,19-20,24-27H,5-6,9-18,21-23H2,1-3H3,(H2,37,41). The van der Waals surface area contributed by atoms with Gasteiger partial charge in [-0.25, -0.2) is 9.97 Å². The van der Waals surface area contributed by atoms with Gasteiger partial charge < -0.3 is 15.0 Å². The smallest absolute Gasteiger partial charge is 0.213 e. The number of aromatic nitrogens is 7. The van der Waals surface area contributed by atoms with E-state index in [0.717, 1.165) is 95.2 Å². The zero-order valence-corrected chi connectivity index (χ0v) is 29.4. The number of rotatable bonds is 11. The Balaban J connectivity index is 0.913. The number of aryl methyl sites for hydroxylation is 2. The number of anilines is 1. The predicted octanol–water partition coefficient (Wildman–Crippen LogP) is 4.92. The SMILES string of the molecule is CC(CCC(C)N1CCCn2nc(-c3cccc(OCCC(C)N4CCCn5nc(N)c(Cl)c5C4)n3)cc2C1)N1CCn2cncc2C1. The van der Waals surface area contributed by atoms with Gasteiger partial charge in [0.25, 0.3) is 0 Å². The number of hydrogen-bond acceptors (Lipinski definition) is 9. The first-order valence-electron chi connectivity index (χ1n) is 17.7. The fourth-order valence-corrected chi connectivity index (χ4v) is 7.67. The lowest BCUT2D eigenvalue weighted by Gasteiger charge is -2.35. The van der Waals surface area contributed by atoms with Crippen LogP contribution in [0.2, 0.25) is 5.02 Å². The van der Waals surface area contributed by atoms with Crippen LogP contribution >= 0.6 is 11.6 Å².